The minimum Gasteiger partial charge on any atom is -0.325 e. The first-order valence-electron chi connectivity index (χ1n) is 7.45. The quantitative estimate of drug-likeness (QED) is 0.747. The summed E-state index contributed by atoms with van der Waals surface area (Å²) in [5, 5.41) is 6.12. The zero-order valence-electron chi connectivity index (χ0n) is 12.7. The zero-order valence-corrected chi connectivity index (χ0v) is 12.7. The van der Waals surface area contributed by atoms with Crippen molar-refractivity contribution in [2.24, 2.45) is 0 Å². The summed E-state index contributed by atoms with van der Waals surface area (Å²) in [5.74, 6) is 0.0189. The third-order valence-electron chi connectivity index (χ3n) is 3.71. The number of hydrogen-bond acceptors (Lipinski definition) is 4. The van der Waals surface area contributed by atoms with Crippen LogP contribution in [0.4, 0.5) is 5.69 Å². The van der Waals surface area contributed by atoms with Crippen LogP contribution in [0.3, 0.4) is 0 Å². The van der Waals surface area contributed by atoms with E-state index in [-0.39, 0.29) is 11.7 Å². The van der Waals surface area contributed by atoms with Gasteiger partial charge in [0.15, 0.2) is 5.78 Å². The topological polar surface area (TPSA) is 61.4 Å². The molecule has 0 aliphatic carbocycles. The number of nitrogens with one attached hydrogen (secondary N) is 2. The summed E-state index contributed by atoms with van der Waals surface area (Å²) in [7, 11) is 0. The van der Waals surface area contributed by atoms with Crippen LogP contribution in [-0.2, 0) is 4.79 Å². The zero-order chi connectivity index (χ0) is 15.2. The van der Waals surface area contributed by atoms with Crippen molar-refractivity contribution in [3.8, 4) is 0 Å². The Labute approximate surface area is 125 Å². The fraction of sp³-hybridized carbons (Fsp3) is 0.500. The van der Waals surface area contributed by atoms with E-state index >= 15 is 0 Å². The van der Waals surface area contributed by atoms with E-state index in [2.05, 4.69) is 22.5 Å². The Morgan fingerprint density at radius 2 is 1.95 bits per heavy atom. The average molecular weight is 289 g/mol. The van der Waals surface area contributed by atoms with Gasteiger partial charge >= 0.3 is 0 Å². The first-order valence-corrected chi connectivity index (χ1v) is 7.45. The number of anilines is 1. The van der Waals surface area contributed by atoms with Crippen LogP contribution in [0.5, 0.6) is 0 Å². The summed E-state index contributed by atoms with van der Waals surface area (Å²) >= 11 is 0. The van der Waals surface area contributed by atoms with Crippen molar-refractivity contribution in [3.05, 3.63) is 29.8 Å². The summed E-state index contributed by atoms with van der Waals surface area (Å²) in [6.07, 6.45) is 1.04. The molecule has 0 saturated carbocycles. The van der Waals surface area contributed by atoms with Crippen LogP contribution in [0.25, 0.3) is 0 Å². The lowest BCUT2D eigenvalue weighted by atomic mass is 10.1. The maximum Gasteiger partial charge on any atom is 0.238 e. The van der Waals surface area contributed by atoms with Crippen molar-refractivity contribution < 1.29 is 9.59 Å². The van der Waals surface area contributed by atoms with Crippen molar-refractivity contribution in [2.45, 2.75) is 26.3 Å². The first kappa shape index (κ1) is 15.7. The van der Waals surface area contributed by atoms with Gasteiger partial charge in [-0.25, -0.2) is 0 Å². The highest BCUT2D eigenvalue weighted by Gasteiger charge is 2.25. The van der Waals surface area contributed by atoms with Gasteiger partial charge in [0.05, 0.1) is 6.54 Å². The fourth-order valence-corrected chi connectivity index (χ4v) is 2.38. The maximum absolute atomic E-state index is 12.1. The third-order valence-corrected chi connectivity index (χ3v) is 3.71. The van der Waals surface area contributed by atoms with Gasteiger partial charge in [-0.05, 0) is 44.2 Å². The van der Waals surface area contributed by atoms with Crippen LogP contribution in [0.2, 0.25) is 0 Å². The van der Waals surface area contributed by atoms with Gasteiger partial charge in [0.25, 0.3) is 0 Å². The number of ketones is 1. The minimum absolute atomic E-state index is 0.00840. The summed E-state index contributed by atoms with van der Waals surface area (Å²) in [5.41, 5.74) is 1.38. The molecule has 114 valence electrons. The largest absolute Gasteiger partial charge is 0.325 e. The van der Waals surface area contributed by atoms with Crippen molar-refractivity contribution in [1.82, 2.24) is 10.2 Å². The molecule has 1 aliphatic heterocycles. The van der Waals surface area contributed by atoms with Crippen LogP contribution in [0.15, 0.2) is 24.3 Å². The average Bonchev–Trinajstić information content (AvgIpc) is 2.37. The van der Waals surface area contributed by atoms with Crippen LogP contribution in [0, 0.1) is 0 Å². The van der Waals surface area contributed by atoms with E-state index < -0.39 is 0 Å². The van der Waals surface area contributed by atoms with Crippen LogP contribution in [-0.4, -0.2) is 48.8 Å². The molecule has 0 aromatic heterocycles. The van der Waals surface area contributed by atoms with Crippen molar-refractivity contribution in [2.75, 3.05) is 31.5 Å². The molecule has 0 unspecified atom stereocenters. The SMILES string of the molecule is CCCN(CC(=O)Nc1ccc(C(C)=O)cc1)C1CNC1. The molecule has 5 heteroatoms. The second-order valence-corrected chi connectivity index (χ2v) is 5.46. The molecule has 1 fully saturated rings. The lowest BCUT2D eigenvalue weighted by Crippen LogP contribution is -2.58. The Morgan fingerprint density at radius 1 is 1.29 bits per heavy atom. The molecule has 0 spiro atoms. The lowest BCUT2D eigenvalue weighted by molar-refractivity contribution is -0.118. The normalized spacial score (nSPS) is 14.8. The van der Waals surface area contributed by atoms with Crippen LogP contribution >= 0.6 is 0 Å². The summed E-state index contributed by atoms with van der Waals surface area (Å²) in [6, 6.07) is 7.47. The predicted octanol–water partition coefficient (Wildman–Crippen LogP) is 1.51. The molecule has 1 amide bonds. The van der Waals surface area contributed by atoms with E-state index in [4.69, 9.17) is 0 Å². The van der Waals surface area contributed by atoms with Crippen molar-refractivity contribution in [3.63, 3.8) is 0 Å². The van der Waals surface area contributed by atoms with E-state index in [1.54, 1.807) is 24.3 Å². The summed E-state index contributed by atoms with van der Waals surface area (Å²) in [4.78, 5) is 25.5. The molecule has 1 aromatic carbocycles. The molecular weight excluding hydrogens is 266 g/mol. The first-order chi connectivity index (χ1) is 10.1. The van der Waals surface area contributed by atoms with Gasteiger partial charge in [-0.3, -0.25) is 14.5 Å². The number of nitrogens with zero attached hydrogens (tertiary/aromatic N) is 1. The van der Waals surface area contributed by atoms with E-state index in [9.17, 15) is 9.59 Å². The van der Waals surface area contributed by atoms with Gasteiger partial charge in [0, 0.05) is 30.4 Å². The Hall–Kier alpha value is -1.72. The molecule has 0 bridgehead atoms. The predicted molar refractivity (Wildman–Crippen MR) is 83.6 cm³/mol. The number of benzene rings is 1. The molecule has 5 nitrogen and oxygen atoms in total. The number of hydrogen-bond donors (Lipinski definition) is 2. The second-order valence-electron chi connectivity index (χ2n) is 5.46. The number of Topliss-reactive ketones (excluding diaryl/α,β-unsaturated/α-hetero) is 1. The van der Waals surface area contributed by atoms with Crippen LogP contribution < -0.4 is 10.6 Å². The highest BCUT2D eigenvalue weighted by atomic mass is 16.2. The van der Waals surface area contributed by atoms with Crippen LogP contribution in [0.1, 0.15) is 30.6 Å². The monoisotopic (exact) mass is 289 g/mol. The standard InChI is InChI=1S/C16H23N3O2/c1-3-8-19(15-9-17-10-15)11-16(21)18-14-6-4-13(5-7-14)12(2)20/h4-7,15,17H,3,8-11H2,1-2H3,(H,18,21). The summed E-state index contributed by atoms with van der Waals surface area (Å²) < 4.78 is 0. The number of rotatable bonds is 7. The smallest absolute Gasteiger partial charge is 0.238 e. The van der Waals surface area contributed by atoms with E-state index in [1.807, 2.05) is 0 Å². The van der Waals surface area contributed by atoms with Gasteiger partial charge in [-0.15, -0.1) is 0 Å². The lowest BCUT2D eigenvalue weighted by Gasteiger charge is -2.37. The van der Waals surface area contributed by atoms with E-state index in [0.717, 1.165) is 31.7 Å². The molecule has 2 N–H and O–H groups in total. The van der Waals surface area contributed by atoms with Gasteiger partial charge in [0.1, 0.15) is 0 Å². The highest BCUT2D eigenvalue weighted by Crippen LogP contribution is 2.11. The van der Waals surface area contributed by atoms with E-state index in [1.165, 1.54) is 6.92 Å². The number of amides is 1. The molecule has 1 aliphatic rings. The Bertz CT molecular complexity index is 495. The summed E-state index contributed by atoms with van der Waals surface area (Å²) in [6.45, 7) is 6.92. The van der Waals surface area contributed by atoms with Crippen molar-refractivity contribution in [1.29, 1.82) is 0 Å². The Kier molecular flexibility index (Phi) is 5.47. The van der Waals surface area contributed by atoms with Gasteiger partial charge < -0.3 is 10.6 Å². The van der Waals surface area contributed by atoms with Gasteiger partial charge in [-0.1, -0.05) is 6.92 Å². The van der Waals surface area contributed by atoms with Gasteiger partial charge in [0.2, 0.25) is 5.91 Å². The molecule has 0 radical (unpaired) electrons. The maximum atomic E-state index is 12.1. The van der Waals surface area contributed by atoms with Gasteiger partial charge in [-0.2, -0.15) is 0 Å². The third kappa shape index (κ3) is 4.37. The van der Waals surface area contributed by atoms with E-state index in [0.29, 0.717) is 18.2 Å². The number of carbonyl (C=O) groups is 2. The molecule has 2 rings (SSSR count). The molecule has 0 atom stereocenters. The molecule has 21 heavy (non-hydrogen) atoms. The Morgan fingerprint density at radius 3 is 2.43 bits per heavy atom. The highest BCUT2D eigenvalue weighted by molar-refractivity contribution is 5.96. The molecule has 1 aromatic rings. The molecule has 1 heterocycles. The Balaban J connectivity index is 1.89. The fourth-order valence-electron chi connectivity index (χ4n) is 2.38. The van der Waals surface area contributed by atoms with Crippen molar-refractivity contribution >= 4 is 17.4 Å². The number of carbonyl (C=O) groups excluding carboxylic acids is 2. The molecule has 1 saturated heterocycles. The second kappa shape index (κ2) is 7.33. The molecular formula is C16H23N3O2. The minimum atomic E-state index is -0.00840.